The summed E-state index contributed by atoms with van der Waals surface area (Å²) in [4.78, 5) is 4.22. The lowest BCUT2D eigenvalue weighted by molar-refractivity contribution is 0.0643. The van der Waals surface area contributed by atoms with Crippen LogP contribution in [-0.4, -0.2) is 24.3 Å². The van der Waals surface area contributed by atoms with Gasteiger partial charge in [0.1, 0.15) is 17.1 Å². The Hall–Kier alpha value is -2.07. The molecule has 4 nitrogen and oxygen atoms in total. The molecule has 0 radical (unpaired) electrons. The molecule has 0 aliphatic heterocycles. The van der Waals surface area contributed by atoms with E-state index < -0.39 is 5.60 Å². The Morgan fingerprint density at radius 2 is 1.68 bits per heavy atom. The third-order valence-corrected chi connectivity index (χ3v) is 5.04. The average Bonchev–Trinajstić information content (AvgIpc) is 2.63. The highest BCUT2D eigenvalue weighted by Crippen LogP contribution is 2.47. The van der Waals surface area contributed by atoms with Crippen LogP contribution < -0.4 is 9.47 Å². The van der Waals surface area contributed by atoms with Gasteiger partial charge in [0, 0.05) is 29.1 Å². The van der Waals surface area contributed by atoms with Crippen molar-refractivity contribution in [3.8, 4) is 11.5 Å². The van der Waals surface area contributed by atoms with Gasteiger partial charge in [-0.15, -0.1) is 0 Å². The summed E-state index contributed by atoms with van der Waals surface area (Å²) in [5.74, 6) is 1.52. The summed E-state index contributed by atoms with van der Waals surface area (Å²) in [6.45, 7) is 8.12. The number of hydrogen-bond acceptors (Lipinski definition) is 4. The SMILES string of the molecule is CCCCC(O)(c1cccnc1)c1c(C)c(OC)c(C)c(C)c1OC. The van der Waals surface area contributed by atoms with Crippen LogP contribution in [0.1, 0.15) is 54.0 Å². The van der Waals surface area contributed by atoms with Crippen LogP contribution in [0.25, 0.3) is 0 Å². The Labute approximate surface area is 150 Å². The monoisotopic (exact) mass is 343 g/mol. The Kier molecular flexibility index (Phi) is 6.07. The van der Waals surface area contributed by atoms with E-state index in [1.807, 2.05) is 32.9 Å². The number of hydrogen-bond donors (Lipinski definition) is 1. The molecule has 1 heterocycles. The molecule has 1 N–H and O–H groups in total. The van der Waals surface area contributed by atoms with Gasteiger partial charge in [-0.25, -0.2) is 0 Å². The molecule has 0 bridgehead atoms. The van der Waals surface area contributed by atoms with E-state index in [2.05, 4.69) is 11.9 Å². The molecule has 1 unspecified atom stereocenters. The van der Waals surface area contributed by atoms with Crippen LogP contribution in [0.2, 0.25) is 0 Å². The summed E-state index contributed by atoms with van der Waals surface area (Å²) in [6.07, 6.45) is 5.93. The second-order valence-electron chi connectivity index (χ2n) is 6.52. The number of pyridine rings is 1. The van der Waals surface area contributed by atoms with E-state index in [1.165, 1.54) is 0 Å². The summed E-state index contributed by atoms with van der Waals surface area (Å²) in [5, 5.41) is 11.8. The number of aliphatic hydroxyl groups is 1. The van der Waals surface area contributed by atoms with Gasteiger partial charge >= 0.3 is 0 Å². The third-order valence-electron chi connectivity index (χ3n) is 5.04. The standard InChI is InChI=1S/C21H29NO3/c1-7-8-11-21(23,17-10-9-12-22-13-17)18-16(4)19(24-5)14(2)15(3)20(18)25-6/h9-10,12-13,23H,7-8,11H2,1-6H3. The molecule has 25 heavy (non-hydrogen) atoms. The summed E-state index contributed by atoms with van der Waals surface area (Å²) in [6, 6.07) is 3.77. The maximum absolute atomic E-state index is 11.8. The molecule has 1 aromatic heterocycles. The van der Waals surface area contributed by atoms with E-state index in [-0.39, 0.29) is 0 Å². The maximum atomic E-state index is 11.8. The van der Waals surface area contributed by atoms with E-state index in [4.69, 9.17) is 9.47 Å². The molecule has 0 aliphatic rings. The highest BCUT2D eigenvalue weighted by atomic mass is 16.5. The average molecular weight is 343 g/mol. The first-order valence-electron chi connectivity index (χ1n) is 8.77. The predicted octanol–water partition coefficient (Wildman–Crippen LogP) is 4.45. The number of rotatable bonds is 7. The van der Waals surface area contributed by atoms with Crippen molar-refractivity contribution in [2.24, 2.45) is 0 Å². The number of unbranched alkanes of at least 4 members (excludes halogenated alkanes) is 1. The van der Waals surface area contributed by atoms with E-state index >= 15 is 0 Å². The molecule has 136 valence electrons. The van der Waals surface area contributed by atoms with Crippen molar-refractivity contribution in [3.05, 3.63) is 52.3 Å². The minimum absolute atomic E-state index is 0.595. The minimum Gasteiger partial charge on any atom is -0.496 e. The van der Waals surface area contributed by atoms with Crippen LogP contribution >= 0.6 is 0 Å². The fraction of sp³-hybridized carbons (Fsp3) is 0.476. The lowest BCUT2D eigenvalue weighted by atomic mass is 9.78. The Morgan fingerprint density at radius 3 is 2.20 bits per heavy atom. The van der Waals surface area contributed by atoms with Crippen molar-refractivity contribution in [1.29, 1.82) is 0 Å². The number of nitrogens with zero attached hydrogens (tertiary/aromatic N) is 1. The van der Waals surface area contributed by atoms with Gasteiger partial charge in [0.2, 0.25) is 0 Å². The van der Waals surface area contributed by atoms with Crippen molar-refractivity contribution in [3.63, 3.8) is 0 Å². The third kappa shape index (κ3) is 3.36. The van der Waals surface area contributed by atoms with Crippen molar-refractivity contribution < 1.29 is 14.6 Å². The number of methoxy groups -OCH3 is 2. The second kappa shape index (κ2) is 7.87. The van der Waals surface area contributed by atoms with Crippen molar-refractivity contribution in [1.82, 2.24) is 4.98 Å². The quantitative estimate of drug-likeness (QED) is 0.807. The summed E-state index contributed by atoms with van der Waals surface area (Å²) < 4.78 is 11.4. The molecule has 0 amide bonds. The van der Waals surface area contributed by atoms with Gasteiger partial charge in [-0.05, 0) is 44.4 Å². The summed E-state index contributed by atoms with van der Waals surface area (Å²) >= 11 is 0. The Bertz CT molecular complexity index is 728. The summed E-state index contributed by atoms with van der Waals surface area (Å²) in [5.41, 5.74) is 3.30. The van der Waals surface area contributed by atoms with Gasteiger partial charge in [-0.2, -0.15) is 0 Å². The Balaban J connectivity index is 2.83. The molecule has 0 saturated heterocycles. The number of aromatic nitrogens is 1. The van der Waals surface area contributed by atoms with Crippen molar-refractivity contribution in [2.75, 3.05) is 14.2 Å². The first kappa shape index (κ1) is 19.3. The topological polar surface area (TPSA) is 51.6 Å². The molecule has 0 aliphatic carbocycles. The molecule has 0 fully saturated rings. The molecule has 1 aromatic carbocycles. The van der Waals surface area contributed by atoms with Crippen LogP contribution in [0.15, 0.2) is 24.5 Å². The zero-order chi connectivity index (χ0) is 18.6. The largest absolute Gasteiger partial charge is 0.496 e. The van der Waals surface area contributed by atoms with Gasteiger partial charge in [-0.1, -0.05) is 25.8 Å². The Morgan fingerprint density at radius 1 is 1.04 bits per heavy atom. The lowest BCUT2D eigenvalue weighted by Crippen LogP contribution is -2.30. The van der Waals surface area contributed by atoms with Crippen LogP contribution in [0.3, 0.4) is 0 Å². The molecule has 4 heteroatoms. The van der Waals surface area contributed by atoms with Crippen LogP contribution in [-0.2, 0) is 5.60 Å². The molecule has 1 atom stereocenters. The number of benzene rings is 1. The smallest absolute Gasteiger partial charge is 0.129 e. The molecular weight excluding hydrogens is 314 g/mol. The highest BCUT2D eigenvalue weighted by molar-refractivity contribution is 5.61. The first-order chi connectivity index (χ1) is 11.9. The van der Waals surface area contributed by atoms with Crippen molar-refractivity contribution in [2.45, 2.75) is 52.6 Å². The molecule has 2 rings (SSSR count). The van der Waals surface area contributed by atoms with Gasteiger partial charge in [-0.3, -0.25) is 4.98 Å². The van der Waals surface area contributed by atoms with Gasteiger partial charge in [0.25, 0.3) is 0 Å². The number of ether oxygens (including phenoxy) is 2. The van der Waals surface area contributed by atoms with Gasteiger partial charge < -0.3 is 14.6 Å². The van der Waals surface area contributed by atoms with Crippen LogP contribution in [0.5, 0.6) is 11.5 Å². The van der Waals surface area contributed by atoms with Crippen molar-refractivity contribution >= 4 is 0 Å². The van der Waals surface area contributed by atoms with E-state index in [0.29, 0.717) is 6.42 Å². The maximum Gasteiger partial charge on any atom is 0.129 e. The fourth-order valence-corrected chi connectivity index (χ4v) is 3.61. The molecule has 2 aromatic rings. The lowest BCUT2D eigenvalue weighted by Gasteiger charge is -2.34. The first-order valence-corrected chi connectivity index (χ1v) is 8.77. The fourth-order valence-electron chi connectivity index (χ4n) is 3.61. The van der Waals surface area contributed by atoms with E-state index in [0.717, 1.165) is 52.2 Å². The summed E-state index contributed by atoms with van der Waals surface area (Å²) in [7, 11) is 3.32. The van der Waals surface area contributed by atoms with E-state index in [1.54, 1.807) is 26.6 Å². The zero-order valence-corrected chi connectivity index (χ0v) is 16.1. The molecule has 0 saturated carbocycles. The second-order valence-corrected chi connectivity index (χ2v) is 6.52. The molecular formula is C21H29NO3. The predicted molar refractivity (Wildman–Crippen MR) is 101 cm³/mol. The van der Waals surface area contributed by atoms with E-state index in [9.17, 15) is 5.11 Å². The van der Waals surface area contributed by atoms with Crippen LogP contribution in [0.4, 0.5) is 0 Å². The zero-order valence-electron chi connectivity index (χ0n) is 16.1. The minimum atomic E-state index is -1.18. The van der Waals surface area contributed by atoms with Crippen LogP contribution in [0, 0.1) is 20.8 Å². The normalized spacial score (nSPS) is 13.4. The van der Waals surface area contributed by atoms with Gasteiger partial charge in [0.05, 0.1) is 14.2 Å². The highest BCUT2D eigenvalue weighted by Gasteiger charge is 2.38. The van der Waals surface area contributed by atoms with Gasteiger partial charge in [0.15, 0.2) is 0 Å². The molecule has 0 spiro atoms.